The van der Waals surface area contributed by atoms with Crippen LogP contribution in [0.15, 0.2) is 42.7 Å². The highest BCUT2D eigenvalue weighted by Gasteiger charge is 2.24. The number of amides is 2. The van der Waals surface area contributed by atoms with Gasteiger partial charge in [-0.15, -0.1) is 0 Å². The lowest BCUT2D eigenvalue weighted by Gasteiger charge is -2.30. The average molecular weight is 524 g/mol. The van der Waals surface area contributed by atoms with Gasteiger partial charge in [0, 0.05) is 18.2 Å². The highest BCUT2D eigenvalue weighted by Crippen LogP contribution is 2.28. The van der Waals surface area contributed by atoms with Gasteiger partial charge in [0.25, 0.3) is 11.8 Å². The van der Waals surface area contributed by atoms with E-state index in [1.54, 1.807) is 24.3 Å². The molecule has 3 aromatic rings. The zero-order valence-corrected chi connectivity index (χ0v) is 21.1. The lowest BCUT2D eigenvalue weighted by atomic mass is 9.91. The Balaban J connectivity index is 1.56. The van der Waals surface area contributed by atoms with Crippen molar-refractivity contribution in [3.8, 4) is 11.5 Å². The third-order valence-electron chi connectivity index (χ3n) is 6.30. The van der Waals surface area contributed by atoms with Crippen LogP contribution >= 0.6 is 0 Å². The van der Waals surface area contributed by atoms with Crippen LogP contribution < -0.4 is 36.9 Å². The summed E-state index contributed by atoms with van der Waals surface area (Å²) in [5, 5.41) is 8.78. The van der Waals surface area contributed by atoms with Crippen LogP contribution in [0.5, 0.6) is 11.5 Å². The molecule has 12 heteroatoms. The van der Waals surface area contributed by atoms with E-state index in [-0.39, 0.29) is 29.3 Å². The molecule has 4 rings (SSSR count). The Morgan fingerprint density at radius 2 is 1.76 bits per heavy atom. The molecular weight excluding hydrogens is 493 g/mol. The number of aromatic nitrogens is 2. The van der Waals surface area contributed by atoms with E-state index >= 15 is 0 Å². The first-order valence-corrected chi connectivity index (χ1v) is 12.1. The van der Waals surface area contributed by atoms with E-state index in [1.807, 2.05) is 0 Å². The minimum absolute atomic E-state index is 0.0351. The van der Waals surface area contributed by atoms with E-state index in [0.29, 0.717) is 28.4 Å². The number of nitrogens with two attached hydrogens (primary N) is 2. The van der Waals surface area contributed by atoms with Gasteiger partial charge in [0.05, 0.1) is 49.1 Å². The second-order valence-electron chi connectivity index (χ2n) is 8.89. The Bertz CT molecular complexity index is 1340. The molecular formula is C26H30FN7O4. The Hall–Kier alpha value is -4.45. The fraction of sp³-hybridized carbons (Fsp3) is 0.308. The summed E-state index contributed by atoms with van der Waals surface area (Å²) in [5.74, 6) is -1.13. The largest absolute Gasteiger partial charge is 0.497 e. The quantitative estimate of drug-likeness (QED) is 0.282. The molecule has 0 radical (unpaired) electrons. The van der Waals surface area contributed by atoms with E-state index in [4.69, 9.17) is 20.9 Å². The molecule has 0 saturated heterocycles. The molecule has 1 fully saturated rings. The van der Waals surface area contributed by atoms with Crippen LogP contribution in [-0.4, -0.2) is 48.1 Å². The van der Waals surface area contributed by atoms with Crippen molar-refractivity contribution >= 4 is 34.8 Å². The molecule has 2 amide bonds. The normalized spacial score (nSPS) is 16.8. The number of hydrogen-bond acceptors (Lipinski definition) is 9. The van der Waals surface area contributed by atoms with Gasteiger partial charge in [0.1, 0.15) is 17.3 Å². The summed E-state index contributed by atoms with van der Waals surface area (Å²) in [6.45, 7) is 0. The predicted molar refractivity (Wildman–Crippen MR) is 142 cm³/mol. The van der Waals surface area contributed by atoms with Crippen molar-refractivity contribution in [1.82, 2.24) is 9.97 Å². The van der Waals surface area contributed by atoms with E-state index in [2.05, 4.69) is 25.9 Å². The molecule has 1 saturated carbocycles. The average Bonchev–Trinajstić information content (AvgIpc) is 2.91. The number of carbonyl (C=O) groups excluding carboxylic acids is 2. The monoisotopic (exact) mass is 523 g/mol. The molecule has 2 heterocycles. The van der Waals surface area contributed by atoms with E-state index < -0.39 is 17.6 Å². The van der Waals surface area contributed by atoms with Crippen molar-refractivity contribution < 1.29 is 23.5 Å². The van der Waals surface area contributed by atoms with Crippen LogP contribution in [-0.2, 0) is 0 Å². The van der Waals surface area contributed by atoms with Crippen LogP contribution in [0.2, 0.25) is 0 Å². The second kappa shape index (κ2) is 11.7. The SMILES string of the molecule is COc1ccc(C(=O)Nc2cncc(Nc3nc(NC4CCCC[C@@H]4N)c(F)cc3C(N)=O)c2)c(OC)c1. The van der Waals surface area contributed by atoms with E-state index in [0.717, 1.165) is 31.7 Å². The van der Waals surface area contributed by atoms with Crippen molar-refractivity contribution in [3.05, 3.63) is 59.7 Å². The molecule has 1 aromatic carbocycles. The fourth-order valence-corrected chi connectivity index (χ4v) is 4.29. The minimum atomic E-state index is -0.858. The number of methoxy groups -OCH3 is 2. The van der Waals surface area contributed by atoms with Gasteiger partial charge in [-0.05, 0) is 37.1 Å². The maximum Gasteiger partial charge on any atom is 0.259 e. The molecule has 2 aromatic heterocycles. The molecule has 38 heavy (non-hydrogen) atoms. The summed E-state index contributed by atoms with van der Waals surface area (Å²) in [6.07, 6.45) is 6.52. The number of nitrogens with zero attached hydrogens (tertiary/aromatic N) is 2. The van der Waals surface area contributed by atoms with Gasteiger partial charge < -0.3 is 36.9 Å². The second-order valence-corrected chi connectivity index (χ2v) is 8.89. The summed E-state index contributed by atoms with van der Waals surface area (Å²) >= 11 is 0. The van der Waals surface area contributed by atoms with Crippen LogP contribution in [0.4, 0.5) is 27.4 Å². The summed E-state index contributed by atoms with van der Waals surface area (Å²) in [6, 6.07) is 7.16. The van der Waals surface area contributed by atoms with Gasteiger partial charge in [-0.25, -0.2) is 9.37 Å². The summed E-state index contributed by atoms with van der Waals surface area (Å²) < 4.78 is 25.3. The van der Waals surface area contributed by atoms with Crippen molar-refractivity contribution in [2.45, 2.75) is 37.8 Å². The van der Waals surface area contributed by atoms with Crippen molar-refractivity contribution in [2.24, 2.45) is 11.5 Å². The number of rotatable bonds is 9. The molecule has 200 valence electrons. The molecule has 0 spiro atoms. The van der Waals surface area contributed by atoms with Gasteiger partial charge in [-0.1, -0.05) is 12.8 Å². The maximum absolute atomic E-state index is 14.8. The van der Waals surface area contributed by atoms with Crippen LogP contribution in [0.1, 0.15) is 46.4 Å². The predicted octanol–water partition coefficient (Wildman–Crippen LogP) is 3.41. The Morgan fingerprint density at radius 1 is 1.00 bits per heavy atom. The third kappa shape index (κ3) is 6.09. The Kier molecular flexibility index (Phi) is 8.22. The number of ether oxygens (including phenoxy) is 2. The van der Waals surface area contributed by atoms with E-state index in [1.165, 1.54) is 26.6 Å². The smallest absolute Gasteiger partial charge is 0.259 e. The van der Waals surface area contributed by atoms with Gasteiger partial charge in [0.15, 0.2) is 11.6 Å². The third-order valence-corrected chi connectivity index (χ3v) is 6.30. The molecule has 1 unspecified atom stereocenters. The number of benzene rings is 1. The molecule has 1 aliphatic carbocycles. The number of pyridine rings is 2. The summed E-state index contributed by atoms with van der Waals surface area (Å²) in [7, 11) is 2.97. The highest BCUT2D eigenvalue weighted by molar-refractivity contribution is 6.06. The first-order valence-electron chi connectivity index (χ1n) is 12.1. The number of primary amides is 1. The minimum Gasteiger partial charge on any atom is -0.497 e. The molecule has 2 atom stereocenters. The Morgan fingerprint density at radius 3 is 2.47 bits per heavy atom. The van der Waals surface area contributed by atoms with Crippen molar-refractivity contribution in [1.29, 1.82) is 0 Å². The number of halogens is 1. The van der Waals surface area contributed by atoms with Crippen LogP contribution in [0, 0.1) is 5.82 Å². The number of anilines is 4. The topological polar surface area (TPSA) is 167 Å². The zero-order valence-electron chi connectivity index (χ0n) is 21.1. The van der Waals surface area contributed by atoms with Crippen molar-refractivity contribution in [3.63, 3.8) is 0 Å². The number of carbonyl (C=O) groups is 2. The van der Waals surface area contributed by atoms with Gasteiger partial charge in [-0.3, -0.25) is 14.6 Å². The first kappa shape index (κ1) is 26.6. The highest BCUT2D eigenvalue weighted by atomic mass is 19.1. The number of hydrogen-bond donors (Lipinski definition) is 5. The fourth-order valence-electron chi connectivity index (χ4n) is 4.29. The number of nitrogens with one attached hydrogen (secondary N) is 3. The van der Waals surface area contributed by atoms with Crippen LogP contribution in [0.3, 0.4) is 0 Å². The summed E-state index contributed by atoms with van der Waals surface area (Å²) in [4.78, 5) is 33.4. The van der Waals surface area contributed by atoms with Gasteiger partial charge in [-0.2, -0.15) is 0 Å². The zero-order chi connectivity index (χ0) is 27.2. The van der Waals surface area contributed by atoms with Gasteiger partial charge >= 0.3 is 0 Å². The maximum atomic E-state index is 14.8. The van der Waals surface area contributed by atoms with Crippen molar-refractivity contribution in [2.75, 3.05) is 30.2 Å². The lowest BCUT2D eigenvalue weighted by molar-refractivity contribution is 0.0997. The molecule has 0 bridgehead atoms. The van der Waals surface area contributed by atoms with Gasteiger partial charge in [0.2, 0.25) is 0 Å². The molecule has 7 N–H and O–H groups in total. The van der Waals surface area contributed by atoms with E-state index in [9.17, 15) is 14.0 Å². The molecule has 0 aliphatic heterocycles. The molecule has 11 nitrogen and oxygen atoms in total. The summed E-state index contributed by atoms with van der Waals surface area (Å²) in [5.41, 5.74) is 12.6. The Labute approximate surface area is 219 Å². The standard InChI is InChI=1S/C26H30FN7O4/c1-37-16-7-8-17(22(10-16)38-2)26(36)32-15-9-14(12-30-13-15)31-24-18(23(29)35)11-19(27)25(34-24)33-21-6-4-3-5-20(21)28/h7-13,20-21H,3-6,28H2,1-2H3,(H2,29,35)(H,32,36)(H2,31,33,34)/t20-,21?/m0/s1. The first-order chi connectivity index (χ1) is 18.3. The lowest BCUT2D eigenvalue weighted by Crippen LogP contribution is -2.43. The molecule has 1 aliphatic rings. The van der Waals surface area contributed by atoms with Crippen LogP contribution in [0.25, 0.3) is 0 Å².